The molecule has 1 amide bonds. The Balaban J connectivity index is 1.80. The summed E-state index contributed by atoms with van der Waals surface area (Å²) in [5.41, 5.74) is 1.39. The first-order valence-corrected chi connectivity index (χ1v) is 6.16. The average Bonchev–Trinajstić information content (AvgIpc) is 3.01. The highest BCUT2D eigenvalue weighted by atomic mass is 16.5. The molecule has 6 heteroatoms. The molecule has 0 saturated heterocycles. The van der Waals surface area contributed by atoms with Gasteiger partial charge in [-0.15, -0.1) is 0 Å². The van der Waals surface area contributed by atoms with Crippen molar-refractivity contribution in [3.63, 3.8) is 0 Å². The van der Waals surface area contributed by atoms with Crippen molar-refractivity contribution < 1.29 is 18.7 Å². The third-order valence-corrected chi connectivity index (χ3v) is 2.57. The van der Waals surface area contributed by atoms with E-state index in [1.54, 1.807) is 25.4 Å². The maximum atomic E-state index is 11.7. The molecule has 20 heavy (non-hydrogen) atoms. The summed E-state index contributed by atoms with van der Waals surface area (Å²) >= 11 is 0. The van der Waals surface area contributed by atoms with Gasteiger partial charge in [-0.05, 0) is 11.6 Å². The molecule has 2 aromatic rings. The van der Waals surface area contributed by atoms with E-state index in [2.05, 4.69) is 10.3 Å². The number of rotatable bonds is 7. The smallest absolute Gasteiger partial charge is 0.254 e. The number of nitrogens with one attached hydrogen (secondary N) is 1. The van der Waals surface area contributed by atoms with Gasteiger partial charge in [-0.3, -0.25) is 4.79 Å². The molecule has 2 aromatic heterocycles. The molecule has 0 spiro atoms. The van der Waals surface area contributed by atoms with Crippen molar-refractivity contribution in [3.05, 3.63) is 48.0 Å². The monoisotopic (exact) mass is 276 g/mol. The normalized spacial score (nSPS) is 10.2. The molecular weight excluding hydrogens is 260 g/mol. The molecule has 0 unspecified atom stereocenters. The number of hydrogen-bond acceptors (Lipinski definition) is 5. The second kappa shape index (κ2) is 7.30. The van der Waals surface area contributed by atoms with E-state index >= 15 is 0 Å². The van der Waals surface area contributed by atoms with Crippen LogP contribution in [0.25, 0.3) is 0 Å². The Bertz CT molecular complexity index is 523. The predicted molar refractivity (Wildman–Crippen MR) is 71.5 cm³/mol. The molecule has 0 radical (unpaired) electrons. The number of amides is 1. The first-order valence-electron chi connectivity index (χ1n) is 6.16. The summed E-state index contributed by atoms with van der Waals surface area (Å²) in [6.07, 6.45) is 4.53. The van der Waals surface area contributed by atoms with E-state index in [-0.39, 0.29) is 5.91 Å². The minimum atomic E-state index is -0.181. The quantitative estimate of drug-likeness (QED) is 0.778. The minimum Gasteiger partial charge on any atom is -0.475 e. The van der Waals surface area contributed by atoms with Crippen LogP contribution in [0, 0.1) is 0 Å². The Morgan fingerprint density at radius 3 is 2.90 bits per heavy atom. The number of pyridine rings is 1. The van der Waals surface area contributed by atoms with Gasteiger partial charge in [-0.1, -0.05) is 6.07 Å². The van der Waals surface area contributed by atoms with Gasteiger partial charge in [-0.2, -0.15) is 0 Å². The first-order chi connectivity index (χ1) is 9.79. The molecule has 0 saturated carbocycles. The Morgan fingerprint density at radius 1 is 1.35 bits per heavy atom. The van der Waals surface area contributed by atoms with Crippen molar-refractivity contribution in [1.29, 1.82) is 0 Å². The number of methoxy groups -OCH3 is 1. The Labute approximate surface area is 116 Å². The molecule has 106 valence electrons. The Kier molecular flexibility index (Phi) is 5.14. The summed E-state index contributed by atoms with van der Waals surface area (Å²) in [5, 5.41) is 2.77. The summed E-state index contributed by atoms with van der Waals surface area (Å²) < 4.78 is 15.1. The predicted octanol–water partition coefficient (Wildman–Crippen LogP) is 1.63. The number of nitrogens with zero attached hydrogens (tertiary/aromatic N) is 1. The van der Waals surface area contributed by atoms with E-state index in [9.17, 15) is 4.79 Å². The largest absolute Gasteiger partial charge is 0.475 e. The van der Waals surface area contributed by atoms with Gasteiger partial charge in [0.1, 0.15) is 12.9 Å². The van der Waals surface area contributed by atoms with E-state index in [1.807, 2.05) is 6.07 Å². The molecule has 0 aliphatic carbocycles. The van der Waals surface area contributed by atoms with E-state index in [0.29, 0.717) is 31.2 Å². The molecule has 0 atom stereocenters. The third kappa shape index (κ3) is 4.10. The zero-order valence-electron chi connectivity index (χ0n) is 11.2. The highest BCUT2D eigenvalue weighted by molar-refractivity contribution is 5.93. The van der Waals surface area contributed by atoms with Crippen molar-refractivity contribution in [2.24, 2.45) is 0 Å². The van der Waals surface area contributed by atoms with Crippen LogP contribution < -0.4 is 10.1 Å². The third-order valence-electron chi connectivity index (χ3n) is 2.57. The average molecular weight is 276 g/mol. The lowest BCUT2D eigenvalue weighted by Crippen LogP contribution is -2.22. The highest BCUT2D eigenvalue weighted by Gasteiger charge is 2.06. The van der Waals surface area contributed by atoms with Gasteiger partial charge in [0.15, 0.2) is 0 Å². The fourth-order valence-corrected chi connectivity index (χ4v) is 1.51. The highest BCUT2D eigenvalue weighted by Crippen LogP contribution is 2.08. The number of ether oxygens (including phenoxy) is 2. The number of carbonyl (C=O) groups is 1. The van der Waals surface area contributed by atoms with Crippen LogP contribution in [0.4, 0.5) is 0 Å². The van der Waals surface area contributed by atoms with Crippen molar-refractivity contribution >= 4 is 5.91 Å². The van der Waals surface area contributed by atoms with Crippen LogP contribution in [-0.4, -0.2) is 31.2 Å². The van der Waals surface area contributed by atoms with Gasteiger partial charge >= 0.3 is 0 Å². The van der Waals surface area contributed by atoms with Gasteiger partial charge in [0.25, 0.3) is 5.91 Å². The number of furan rings is 1. The molecule has 1 N–H and O–H groups in total. The summed E-state index contributed by atoms with van der Waals surface area (Å²) in [5.74, 6) is 0.353. The molecule has 2 rings (SSSR count). The Morgan fingerprint density at radius 2 is 2.25 bits per heavy atom. The van der Waals surface area contributed by atoms with Crippen LogP contribution >= 0.6 is 0 Å². The maximum Gasteiger partial charge on any atom is 0.254 e. The summed E-state index contributed by atoms with van der Waals surface area (Å²) in [6.45, 7) is 1.37. The van der Waals surface area contributed by atoms with Gasteiger partial charge in [0.05, 0.1) is 18.4 Å². The van der Waals surface area contributed by atoms with Crippen molar-refractivity contribution in [2.75, 3.05) is 20.3 Å². The molecule has 0 aliphatic rings. The lowest BCUT2D eigenvalue weighted by molar-refractivity contribution is 0.0950. The molecule has 2 heterocycles. The van der Waals surface area contributed by atoms with E-state index in [4.69, 9.17) is 13.9 Å². The minimum absolute atomic E-state index is 0.181. The van der Waals surface area contributed by atoms with Crippen molar-refractivity contribution in [2.45, 2.75) is 6.54 Å². The lowest BCUT2D eigenvalue weighted by Gasteiger charge is -2.06. The second-order valence-corrected chi connectivity index (χ2v) is 4.04. The number of aromatic nitrogens is 1. The fraction of sp³-hybridized carbons (Fsp3) is 0.286. The van der Waals surface area contributed by atoms with Gasteiger partial charge < -0.3 is 19.2 Å². The van der Waals surface area contributed by atoms with Gasteiger partial charge in [-0.25, -0.2) is 4.98 Å². The molecule has 0 aromatic carbocycles. The van der Waals surface area contributed by atoms with E-state index < -0.39 is 0 Å². The zero-order valence-corrected chi connectivity index (χ0v) is 11.2. The number of hydrogen-bond donors (Lipinski definition) is 1. The summed E-state index contributed by atoms with van der Waals surface area (Å²) in [6, 6.07) is 5.22. The molecule has 0 aliphatic heterocycles. The molecular formula is C14H16N2O4. The first kappa shape index (κ1) is 14.1. The van der Waals surface area contributed by atoms with Crippen LogP contribution in [0.5, 0.6) is 5.88 Å². The maximum absolute atomic E-state index is 11.7. The van der Waals surface area contributed by atoms with Crippen LogP contribution in [0.15, 0.2) is 41.3 Å². The number of carbonyl (C=O) groups excluding carboxylic acids is 1. The van der Waals surface area contributed by atoms with E-state index in [1.165, 1.54) is 12.5 Å². The van der Waals surface area contributed by atoms with Crippen molar-refractivity contribution in [3.8, 4) is 5.88 Å². The van der Waals surface area contributed by atoms with Crippen LogP contribution in [0.3, 0.4) is 0 Å². The van der Waals surface area contributed by atoms with Crippen molar-refractivity contribution in [1.82, 2.24) is 10.3 Å². The summed E-state index contributed by atoms with van der Waals surface area (Å²) in [4.78, 5) is 15.8. The van der Waals surface area contributed by atoms with Gasteiger partial charge in [0, 0.05) is 25.9 Å². The van der Waals surface area contributed by atoms with E-state index in [0.717, 1.165) is 5.56 Å². The SMILES string of the molecule is COCCOc1ccc(CNC(=O)c2ccoc2)cn1. The standard InChI is InChI=1S/C14H16N2O4/c1-18-6-7-20-13-3-2-11(8-15-13)9-16-14(17)12-4-5-19-10-12/h2-5,8,10H,6-7,9H2,1H3,(H,16,17). The topological polar surface area (TPSA) is 73.6 Å². The van der Waals surface area contributed by atoms with Gasteiger partial charge in [0.2, 0.25) is 5.88 Å². The van der Waals surface area contributed by atoms with Crippen LogP contribution in [0.2, 0.25) is 0 Å². The molecule has 0 fully saturated rings. The lowest BCUT2D eigenvalue weighted by atomic mass is 10.2. The molecule has 6 nitrogen and oxygen atoms in total. The van der Waals surface area contributed by atoms with Crippen LogP contribution in [0.1, 0.15) is 15.9 Å². The summed E-state index contributed by atoms with van der Waals surface area (Å²) in [7, 11) is 1.61. The second-order valence-electron chi connectivity index (χ2n) is 4.04. The zero-order chi connectivity index (χ0) is 14.2. The van der Waals surface area contributed by atoms with Crippen LogP contribution in [-0.2, 0) is 11.3 Å². The Hall–Kier alpha value is -2.34. The molecule has 0 bridgehead atoms. The fourth-order valence-electron chi connectivity index (χ4n) is 1.51.